The third-order valence-corrected chi connectivity index (χ3v) is 7.35. The third-order valence-electron chi connectivity index (χ3n) is 5.81. The first-order valence-electron chi connectivity index (χ1n) is 11.3. The van der Waals surface area contributed by atoms with Crippen molar-refractivity contribution in [3.05, 3.63) is 66.1 Å². The molecule has 2 heterocycles. The maximum atomic E-state index is 13.6. The molecule has 1 fully saturated rings. The number of piperidine rings is 1. The topological polar surface area (TPSA) is 108 Å². The smallest absolute Gasteiger partial charge is 0.240 e. The van der Waals surface area contributed by atoms with E-state index in [1.807, 2.05) is 7.05 Å². The highest BCUT2D eigenvalue weighted by molar-refractivity contribution is 7.89. The number of nitrogens with zero attached hydrogens (tertiary/aromatic N) is 3. The van der Waals surface area contributed by atoms with Crippen molar-refractivity contribution in [1.82, 2.24) is 19.6 Å². The Morgan fingerprint density at radius 1 is 1.11 bits per heavy atom. The average molecular weight is 501 g/mol. The lowest BCUT2D eigenvalue weighted by molar-refractivity contribution is 0.248. The van der Waals surface area contributed by atoms with E-state index in [2.05, 4.69) is 30.2 Å². The van der Waals surface area contributed by atoms with Gasteiger partial charge in [0.05, 0.1) is 12.0 Å². The van der Waals surface area contributed by atoms with Crippen LogP contribution in [0.3, 0.4) is 0 Å². The minimum atomic E-state index is -3.55. The van der Waals surface area contributed by atoms with E-state index in [0.29, 0.717) is 24.0 Å². The van der Waals surface area contributed by atoms with Crippen molar-refractivity contribution >= 4 is 27.5 Å². The number of nitrogens with one attached hydrogen (secondary N) is 3. The van der Waals surface area contributed by atoms with Crippen LogP contribution in [0.25, 0.3) is 0 Å². The van der Waals surface area contributed by atoms with Crippen LogP contribution in [0.4, 0.5) is 21.8 Å². The van der Waals surface area contributed by atoms with Gasteiger partial charge in [0.2, 0.25) is 16.0 Å². The molecule has 2 aromatic carbocycles. The fourth-order valence-electron chi connectivity index (χ4n) is 3.78. The highest BCUT2D eigenvalue weighted by Gasteiger charge is 2.23. The van der Waals surface area contributed by atoms with Crippen LogP contribution in [0.1, 0.15) is 18.4 Å². The Morgan fingerprint density at radius 2 is 1.86 bits per heavy atom. The summed E-state index contributed by atoms with van der Waals surface area (Å²) in [6.45, 7) is 2.22. The van der Waals surface area contributed by atoms with Crippen LogP contribution >= 0.6 is 0 Å². The number of sulfonamides is 1. The number of ether oxygens (including phenoxy) is 1. The van der Waals surface area contributed by atoms with Crippen LogP contribution in [0.2, 0.25) is 0 Å². The first kappa shape index (κ1) is 24.8. The summed E-state index contributed by atoms with van der Waals surface area (Å²) >= 11 is 0. The van der Waals surface area contributed by atoms with E-state index in [9.17, 15) is 12.8 Å². The molecule has 1 saturated heterocycles. The van der Waals surface area contributed by atoms with Crippen LogP contribution in [-0.4, -0.2) is 56.6 Å². The molecule has 0 amide bonds. The van der Waals surface area contributed by atoms with Crippen molar-refractivity contribution < 1.29 is 17.5 Å². The average Bonchev–Trinajstić information content (AvgIpc) is 2.86. The van der Waals surface area contributed by atoms with Gasteiger partial charge in [0, 0.05) is 30.5 Å². The Morgan fingerprint density at radius 3 is 2.57 bits per heavy atom. The molecule has 4 rings (SSSR count). The lowest BCUT2D eigenvalue weighted by Gasteiger charge is -2.29. The van der Waals surface area contributed by atoms with Crippen molar-refractivity contribution in [2.24, 2.45) is 0 Å². The maximum Gasteiger partial charge on any atom is 0.240 e. The molecule has 1 aromatic heterocycles. The minimum absolute atomic E-state index is 0.0332. The lowest BCUT2D eigenvalue weighted by Crippen LogP contribution is -2.43. The summed E-state index contributed by atoms with van der Waals surface area (Å²) < 4.78 is 46.9. The molecule has 3 aromatic rings. The first-order chi connectivity index (χ1) is 16.8. The molecule has 0 radical (unpaired) electrons. The van der Waals surface area contributed by atoms with Gasteiger partial charge in [-0.3, -0.25) is 0 Å². The zero-order valence-corrected chi connectivity index (χ0v) is 20.5. The van der Waals surface area contributed by atoms with Gasteiger partial charge in [0.25, 0.3) is 0 Å². The monoisotopic (exact) mass is 500 g/mol. The van der Waals surface area contributed by atoms with Crippen molar-refractivity contribution in [2.75, 3.05) is 37.9 Å². The van der Waals surface area contributed by atoms with Crippen LogP contribution in [-0.2, 0) is 16.6 Å². The Bertz CT molecular complexity index is 1250. The molecule has 35 heavy (non-hydrogen) atoms. The van der Waals surface area contributed by atoms with Gasteiger partial charge in [-0.15, -0.1) is 0 Å². The van der Waals surface area contributed by atoms with Crippen molar-refractivity contribution in [2.45, 2.75) is 30.3 Å². The molecular weight excluding hydrogens is 471 g/mol. The number of anilines is 3. The summed E-state index contributed by atoms with van der Waals surface area (Å²) in [7, 11) is -0.114. The quantitative estimate of drug-likeness (QED) is 0.411. The van der Waals surface area contributed by atoms with Gasteiger partial charge in [0.15, 0.2) is 11.6 Å². The number of hydrogen-bond donors (Lipinski definition) is 3. The molecule has 0 spiro atoms. The number of methoxy groups -OCH3 is 1. The summed E-state index contributed by atoms with van der Waals surface area (Å²) in [4.78, 5) is 11.0. The molecule has 1 aliphatic rings. The van der Waals surface area contributed by atoms with Crippen molar-refractivity contribution in [3.8, 4) is 5.75 Å². The molecule has 9 nitrogen and oxygen atoms in total. The van der Waals surface area contributed by atoms with Gasteiger partial charge in [-0.1, -0.05) is 12.1 Å². The molecule has 0 unspecified atom stereocenters. The van der Waals surface area contributed by atoms with E-state index in [1.54, 1.807) is 42.6 Å². The van der Waals surface area contributed by atoms with E-state index < -0.39 is 15.8 Å². The zero-order valence-electron chi connectivity index (χ0n) is 19.7. The van der Waals surface area contributed by atoms with E-state index in [-0.39, 0.29) is 16.7 Å². The number of aromatic nitrogens is 2. The standard InChI is InChI=1S/C24H29FN6O3S/c1-31-13-10-18(11-14-31)30-35(32,33)20-6-3-17(4-7-20)16-27-23-9-12-26-24(29-23)28-19-5-8-21(25)22(15-19)34-2/h3-9,12,15,18,30H,10-11,13-14,16H2,1-2H3,(H2,26,27,28,29). The van der Waals surface area contributed by atoms with E-state index >= 15 is 0 Å². The largest absolute Gasteiger partial charge is 0.494 e. The molecule has 3 N–H and O–H groups in total. The third kappa shape index (κ3) is 6.65. The summed E-state index contributed by atoms with van der Waals surface area (Å²) in [6, 6.07) is 12.9. The van der Waals surface area contributed by atoms with Gasteiger partial charge < -0.3 is 20.3 Å². The zero-order chi connectivity index (χ0) is 24.8. The summed E-state index contributed by atoms with van der Waals surface area (Å²) in [5, 5.41) is 6.22. The Labute approximate surface area is 204 Å². The first-order valence-corrected chi connectivity index (χ1v) is 12.8. The molecular formula is C24H29FN6O3S. The number of rotatable bonds is 9. The highest BCUT2D eigenvalue weighted by atomic mass is 32.2. The normalized spacial score (nSPS) is 15.1. The predicted molar refractivity (Wildman–Crippen MR) is 133 cm³/mol. The second-order valence-corrected chi connectivity index (χ2v) is 10.2. The van der Waals surface area contributed by atoms with E-state index in [0.717, 1.165) is 31.5 Å². The predicted octanol–water partition coefficient (Wildman–Crippen LogP) is 3.35. The fraction of sp³-hybridized carbons (Fsp3) is 0.333. The second-order valence-electron chi connectivity index (χ2n) is 8.44. The lowest BCUT2D eigenvalue weighted by atomic mass is 10.1. The maximum absolute atomic E-state index is 13.6. The minimum Gasteiger partial charge on any atom is -0.494 e. The molecule has 0 atom stereocenters. The van der Waals surface area contributed by atoms with Crippen molar-refractivity contribution in [1.29, 1.82) is 0 Å². The molecule has 1 aliphatic heterocycles. The van der Waals surface area contributed by atoms with Crippen LogP contribution in [0, 0.1) is 5.82 Å². The van der Waals surface area contributed by atoms with E-state index in [1.165, 1.54) is 19.2 Å². The SMILES string of the molecule is COc1cc(Nc2nccc(NCc3ccc(S(=O)(=O)NC4CCN(C)CC4)cc3)n2)ccc1F. The summed E-state index contributed by atoms with van der Waals surface area (Å²) in [6.07, 6.45) is 3.22. The summed E-state index contributed by atoms with van der Waals surface area (Å²) in [5.41, 5.74) is 1.49. The van der Waals surface area contributed by atoms with E-state index in [4.69, 9.17) is 4.74 Å². The molecule has 0 bridgehead atoms. The number of halogens is 1. The number of likely N-dealkylation sites (tertiary alicyclic amines) is 1. The van der Waals surface area contributed by atoms with Crippen molar-refractivity contribution in [3.63, 3.8) is 0 Å². The van der Waals surface area contributed by atoms with Gasteiger partial charge in [0.1, 0.15) is 5.82 Å². The van der Waals surface area contributed by atoms with Gasteiger partial charge in [-0.25, -0.2) is 22.5 Å². The molecule has 186 valence electrons. The van der Waals surface area contributed by atoms with Crippen LogP contribution < -0.4 is 20.1 Å². The second kappa shape index (κ2) is 11.0. The number of benzene rings is 2. The van der Waals surface area contributed by atoms with Gasteiger partial charge in [-0.05, 0) is 68.9 Å². The molecule has 0 aliphatic carbocycles. The fourth-order valence-corrected chi connectivity index (χ4v) is 5.08. The Hall–Kier alpha value is -3.28. The van der Waals surface area contributed by atoms with Crippen LogP contribution in [0.15, 0.2) is 59.6 Å². The van der Waals surface area contributed by atoms with Gasteiger partial charge in [-0.2, -0.15) is 4.98 Å². The summed E-state index contributed by atoms with van der Waals surface area (Å²) in [5.74, 6) is 0.587. The number of hydrogen-bond acceptors (Lipinski definition) is 8. The molecule has 11 heteroatoms. The Kier molecular flexibility index (Phi) is 7.79. The van der Waals surface area contributed by atoms with Crippen LogP contribution in [0.5, 0.6) is 5.75 Å². The highest BCUT2D eigenvalue weighted by Crippen LogP contribution is 2.23. The Balaban J connectivity index is 1.34. The molecule has 0 saturated carbocycles. The van der Waals surface area contributed by atoms with Gasteiger partial charge >= 0.3 is 0 Å².